The van der Waals surface area contributed by atoms with Gasteiger partial charge in [0.2, 0.25) is 15.9 Å². The summed E-state index contributed by atoms with van der Waals surface area (Å²) in [4.78, 5) is 12.2. The second kappa shape index (κ2) is 8.92. The number of nitrogens with one attached hydrogen (secondary N) is 2. The molecule has 1 aromatic carbocycles. The summed E-state index contributed by atoms with van der Waals surface area (Å²) in [5.41, 5.74) is 1.50. The minimum absolute atomic E-state index is 0.0795. The fraction of sp³-hybridized carbons (Fsp3) is 0.588. The minimum Gasteiger partial charge on any atom is -0.379 e. The van der Waals surface area contributed by atoms with Gasteiger partial charge in [-0.15, -0.1) is 0 Å². The molecule has 2 N–H and O–H groups in total. The quantitative estimate of drug-likeness (QED) is 0.684. The Hall–Kier alpha value is -1.52. The van der Waals surface area contributed by atoms with E-state index in [1.165, 1.54) is 4.31 Å². The first kappa shape index (κ1) is 19.2. The van der Waals surface area contributed by atoms with Crippen molar-refractivity contribution < 1.29 is 22.7 Å². The summed E-state index contributed by atoms with van der Waals surface area (Å²) in [5.74, 6) is -0.223. The normalized spacial score (nSPS) is 22.1. The lowest BCUT2D eigenvalue weighted by Gasteiger charge is -2.26. The monoisotopic (exact) mass is 383 g/mol. The van der Waals surface area contributed by atoms with E-state index in [2.05, 4.69) is 10.6 Å². The van der Waals surface area contributed by atoms with Crippen molar-refractivity contribution in [3.8, 4) is 0 Å². The molecule has 0 bridgehead atoms. The number of carbonyl (C=O) groups is 1. The predicted octanol–water partition coefficient (Wildman–Crippen LogP) is -0.547. The zero-order valence-electron chi connectivity index (χ0n) is 14.6. The van der Waals surface area contributed by atoms with Gasteiger partial charge in [0, 0.05) is 26.2 Å². The van der Waals surface area contributed by atoms with Gasteiger partial charge in [-0.1, -0.05) is 24.3 Å². The van der Waals surface area contributed by atoms with Crippen LogP contribution in [0.4, 0.5) is 0 Å². The summed E-state index contributed by atoms with van der Waals surface area (Å²) in [7, 11) is -3.41. The number of carbonyl (C=O) groups excluding carboxylic acids is 1. The van der Waals surface area contributed by atoms with Crippen molar-refractivity contribution in [1.29, 1.82) is 0 Å². The van der Waals surface area contributed by atoms with Crippen LogP contribution in [0.2, 0.25) is 0 Å². The van der Waals surface area contributed by atoms with Crippen molar-refractivity contribution >= 4 is 15.9 Å². The first-order valence-electron chi connectivity index (χ1n) is 8.77. The van der Waals surface area contributed by atoms with E-state index in [1.807, 2.05) is 18.2 Å². The Balaban J connectivity index is 1.63. The number of hydrogen-bond acceptors (Lipinski definition) is 6. The van der Waals surface area contributed by atoms with Gasteiger partial charge < -0.3 is 20.1 Å². The van der Waals surface area contributed by atoms with E-state index in [-0.39, 0.29) is 24.2 Å². The van der Waals surface area contributed by atoms with Gasteiger partial charge in [0.05, 0.1) is 32.2 Å². The molecule has 1 aromatic rings. The maximum Gasteiger partial charge on any atom is 0.239 e. The first-order chi connectivity index (χ1) is 12.6. The van der Waals surface area contributed by atoms with E-state index in [4.69, 9.17) is 9.47 Å². The lowest BCUT2D eigenvalue weighted by molar-refractivity contribution is -0.126. The second-order valence-electron chi connectivity index (χ2n) is 6.34. The van der Waals surface area contributed by atoms with Crippen LogP contribution >= 0.6 is 0 Å². The van der Waals surface area contributed by atoms with Gasteiger partial charge in [-0.25, -0.2) is 8.42 Å². The Labute approximate surface area is 153 Å². The highest BCUT2D eigenvalue weighted by molar-refractivity contribution is 7.88. The van der Waals surface area contributed by atoms with Crippen molar-refractivity contribution in [3.05, 3.63) is 35.4 Å². The number of amides is 1. The number of rotatable bonds is 6. The summed E-state index contributed by atoms with van der Waals surface area (Å²) in [6, 6.07) is 6.92. The van der Waals surface area contributed by atoms with Crippen LogP contribution in [-0.2, 0) is 36.6 Å². The Morgan fingerprint density at radius 2 is 1.88 bits per heavy atom. The zero-order valence-corrected chi connectivity index (χ0v) is 15.5. The highest BCUT2D eigenvalue weighted by Crippen LogP contribution is 2.16. The van der Waals surface area contributed by atoms with Gasteiger partial charge in [0.25, 0.3) is 0 Å². The molecule has 1 unspecified atom stereocenters. The molecule has 8 nitrogen and oxygen atoms in total. The molecule has 2 aliphatic rings. The van der Waals surface area contributed by atoms with Gasteiger partial charge in [0.1, 0.15) is 6.04 Å². The van der Waals surface area contributed by atoms with Gasteiger partial charge in [0.15, 0.2) is 0 Å². The molecule has 2 fully saturated rings. The molecule has 1 atom stereocenters. The summed E-state index contributed by atoms with van der Waals surface area (Å²) in [6.07, 6.45) is 0. The summed E-state index contributed by atoms with van der Waals surface area (Å²) in [6.45, 7) is 3.49. The number of ether oxygens (including phenoxy) is 2. The topological polar surface area (TPSA) is 97.0 Å². The van der Waals surface area contributed by atoms with E-state index in [0.717, 1.165) is 5.56 Å². The van der Waals surface area contributed by atoms with Crippen LogP contribution in [0.5, 0.6) is 0 Å². The van der Waals surface area contributed by atoms with E-state index in [1.54, 1.807) is 6.07 Å². The van der Waals surface area contributed by atoms with Gasteiger partial charge in [-0.3, -0.25) is 4.79 Å². The lowest BCUT2D eigenvalue weighted by atomic mass is 10.1. The van der Waals surface area contributed by atoms with Gasteiger partial charge >= 0.3 is 0 Å². The van der Waals surface area contributed by atoms with E-state index < -0.39 is 10.0 Å². The molecule has 0 aromatic heterocycles. The largest absolute Gasteiger partial charge is 0.379 e. The van der Waals surface area contributed by atoms with E-state index in [0.29, 0.717) is 51.6 Å². The smallest absolute Gasteiger partial charge is 0.239 e. The highest BCUT2D eigenvalue weighted by Gasteiger charge is 2.26. The molecular formula is C17H25N3O5S. The third-order valence-electron chi connectivity index (χ3n) is 4.51. The number of nitrogens with zero attached hydrogens (tertiary/aromatic N) is 1. The molecule has 144 valence electrons. The Kier molecular flexibility index (Phi) is 6.60. The van der Waals surface area contributed by atoms with Crippen molar-refractivity contribution in [2.24, 2.45) is 0 Å². The SMILES string of the molecule is O=C(NCc1ccccc1CS(=O)(=O)N1CCOCC1)C1COCCN1. The minimum atomic E-state index is -3.41. The molecule has 1 amide bonds. The summed E-state index contributed by atoms with van der Waals surface area (Å²) >= 11 is 0. The van der Waals surface area contributed by atoms with E-state index >= 15 is 0 Å². The number of morpholine rings is 2. The molecule has 9 heteroatoms. The molecule has 2 aliphatic heterocycles. The molecule has 3 rings (SSSR count). The van der Waals surface area contributed by atoms with Crippen molar-refractivity contribution in [2.45, 2.75) is 18.3 Å². The fourth-order valence-electron chi connectivity index (χ4n) is 3.02. The standard InChI is InChI=1S/C17H25N3O5S/c21-17(16-12-25-8-5-18-16)19-11-14-3-1-2-4-15(14)13-26(22,23)20-6-9-24-10-7-20/h1-4,16,18H,5-13H2,(H,19,21). The molecule has 26 heavy (non-hydrogen) atoms. The van der Waals surface area contributed by atoms with Crippen molar-refractivity contribution in [2.75, 3.05) is 46.1 Å². The second-order valence-corrected chi connectivity index (χ2v) is 8.30. The van der Waals surface area contributed by atoms with Crippen LogP contribution in [-0.4, -0.2) is 70.7 Å². The third kappa shape index (κ3) is 5.01. The Bertz CT molecular complexity index is 713. The molecule has 2 saturated heterocycles. The van der Waals surface area contributed by atoms with Crippen LogP contribution in [0.3, 0.4) is 0 Å². The Morgan fingerprint density at radius 3 is 2.58 bits per heavy atom. The van der Waals surface area contributed by atoms with Crippen molar-refractivity contribution in [1.82, 2.24) is 14.9 Å². The van der Waals surface area contributed by atoms with Crippen LogP contribution in [0.1, 0.15) is 11.1 Å². The van der Waals surface area contributed by atoms with Gasteiger partial charge in [-0.05, 0) is 11.1 Å². The molecule has 0 saturated carbocycles. The molecule has 0 aliphatic carbocycles. The van der Waals surface area contributed by atoms with Crippen LogP contribution < -0.4 is 10.6 Å². The number of sulfonamides is 1. The predicted molar refractivity (Wildman–Crippen MR) is 95.9 cm³/mol. The Morgan fingerprint density at radius 1 is 1.15 bits per heavy atom. The fourth-order valence-corrected chi connectivity index (χ4v) is 4.59. The van der Waals surface area contributed by atoms with Crippen LogP contribution in [0, 0.1) is 0 Å². The molecular weight excluding hydrogens is 358 g/mol. The average molecular weight is 383 g/mol. The summed E-state index contributed by atoms with van der Waals surface area (Å²) < 4.78 is 37.3. The molecule has 2 heterocycles. The maximum absolute atomic E-state index is 12.6. The summed E-state index contributed by atoms with van der Waals surface area (Å²) in [5, 5.41) is 5.96. The maximum atomic E-state index is 12.6. The van der Waals surface area contributed by atoms with Crippen molar-refractivity contribution in [3.63, 3.8) is 0 Å². The highest BCUT2D eigenvalue weighted by atomic mass is 32.2. The molecule has 0 spiro atoms. The van der Waals surface area contributed by atoms with Crippen LogP contribution in [0.25, 0.3) is 0 Å². The number of hydrogen-bond donors (Lipinski definition) is 2. The average Bonchev–Trinajstić information content (AvgIpc) is 2.68. The first-order valence-corrected chi connectivity index (χ1v) is 10.4. The number of benzene rings is 1. The lowest BCUT2D eigenvalue weighted by Crippen LogP contribution is -2.51. The zero-order chi connectivity index (χ0) is 18.4. The van der Waals surface area contributed by atoms with Crippen LogP contribution in [0.15, 0.2) is 24.3 Å². The third-order valence-corrected chi connectivity index (χ3v) is 6.34. The van der Waals surface area contributed by atoms with E-state index in [9.17, 15) is 13.2 Å². The molecule has 0 radical (unpaired) electrons. The van der Waals surface area contributed by atoms with Gasteiger partial charge in [-0.2, -0.15) is 4.31 Å².